The maximum absolute atomic E-state index is 12.4. The largest absolute Gasteiger partial charge is 0.240 e. The summed E-state index contributed by atoms with van der Waals surface area (Å²) in [6.45, 7) is 2.51. The second kappa shape index (κ2) is 5.43. The van der Waals surface area contributed by atoms with E-state index in [9.17, 15) is 8.42 Å². The van der Waals surface area contributed by atoms with Gasteiger partial charge in [-0.1, -0.05) is 15.9 Å². The zero-order valence-corrected chi connectivity index (χ0v) is 14.0. The number of aryl methyl sites for hydroxylation is 1. The van der Waals surface area contributed by atoms with Crippen LogP contribution in [0, 0.1) is 24.7 Å². The molecular formula is C15H20BrNO2S. The Morgan fingerprint density at radius 3 is 2.35 bits per heavy atom. The van der Waals surface area contributed by atoms with Gasteiger partial charge in [0.05, 0.1) is 4.90 Å². The number of hydrogen-bond donors (Lipinski definition) is 1. The minimum absolute atomic E-state index is 0.364. The van der Waals surface area contributed by atoms with Gasteiger partial charge in [0, 0.05) is 11.0 Å². The van der Waals surface area contributed by atoms with Gasteiger partial charge in [-0.25, -0.2) is 13.1 Å². The van der Waals surface area contributed by atoms with Crippen LogP contribution in [0.1, 0.15) is 31.2 Å². The molecule has 0 aromatic heterocycles. The predicted molar refractivity (Wildman–Crippen MR) is 83.0 cm³/mol. The SMILES string of the molecule is Cc1cc(S(=O)(=O)NCC(C2CC2)C2CC2)ccc1Br. The average Bonchev–Trinajstić information content (AvgIpc) is 3.25. The van der Waals surface area contributed by atoms with E-state index in [1.807, 2.05) is 6.92 Å². The first-order valence-corrected chi connectivity index (χ1v) is 9.51. The molecule has 0 aliphatic heterocycles. The Hall–Kier alpha value is -0.390. The number of sulfonamides is 1. The standard InChI is InChI=1S/C15H20BrNO2S/c1-10-8-13(6-7-15(10)16)20(18,19)17-9-14(11-2-3-11)12-4-5-12/h6-8,11-12,14,17H,2-5,9H2,1H3. The maximum atomic E-state index is 12.4. The van der Waals surface area contributed by atoms with E-state index in [0.717, 1.165) is 21.9 Å². The van der Waals surface area contributed by atoms with Crippen LogP contribution < -0.4 is 4.72 Å². The molecule has 2 saturated carbocycles. The molecule has 0 radical (unpaired) electrons. The molecule has 3 nitrogen and oxygen atoms in total. The summed E-state index contributed by atoms with van der Waals surface area (Å²) in [6, 6.07) is 5.17. The molecule has 0 spiro atoms. The fourth-order valence-corrected chi connectivity index (χ4v) is 4.24. The summed E-state index contributed by atoms with van der Waals surface area (Å²) in [6.07, 6.45) is 5.11. The first-order valence-electron chi connectivity index (χ1n) is 7.23. The molecular weight excluding hydrogens is 338 g/mol. The van der Waals surface area contributed by atoms with E-state index in [1.165, 1.54) is 25.7 Å². The lowest BCUT2D eigenvalue weighted by Gasteiger charge is -2.16. The van der Waals surface area contributed by atoms with Crippen LogP contribution in [0.2, 0.25) is 0 Å². The minimum atomic E-state index is -3.38. The van der Waals surface area contributed by atoms with Gasteiger partial charge in [0.2, 0.25) is 10.0 Å². The van der Waals surface area contributed by atoms with E-state index in [2.05, 4.69) is 20.7 Å². The van der Waals surface area contributed by atoms with Crippen molar-refractivity contribution in [3.63, 3.8) is 0 Å². The first kappa shape index (κ1) is 14.5. The van der Waals surface area contributed by atoms with Crippen molar-refractivity contribution in [3.8, 4) is 0 Å². The first-order chi connectivity index (χ1) is 9.47. The topological polar surface area (TPSA) is 46.2 Å². The number of hydrogen-bond acceptors (Lipinski definition) is 2. The highest BCUT2D eigenvalue weighted by Gasteiger charge is 2.41. The Morgan fingerprint density at radius 1 is 1.25 bits per heavy atom. The van der Waals surface area contributed by atoms with Crippen molar-refractivity contribution in [2.45, 2.75) is 37.5 Å². The second-order valence-electron chi connectivity index (χ2n) is 6.10. The van der Waals surface area contributed by atoms with E-state index < -0.39 is 10.0 Å². The lowest BCUT2D eigenvalue weighted by atomic mass is 9.99. The quantitative estimate of drug-likeness (QED) is 0.846. The maximum Gasteiger partial charge on any atom is 0.240 e. The zero-order chi connectivity index (χ0) is 14.3. The molecule has 0 atom stereocenters. The molecule has 1 aromatic rings. The fraction of sp³-hybridized carbons (Fsp3) is 0.600. The van der Waals surface area contributed by atoms with Crippen LogP contribution in [0.3, 0.4) is 0 Å². The molecule has 2 fully saturated rings. The van der Waals surface area contributed by atoms with Crippen molar-refractivity contribution in [1.82, 2.24) is 4.72 Å². The molecule has 0 saturated heterocycles. The average molecular weight is 358 g/mol. The van der Waals surface area contributed by atoms with Crippen LogP contribution in [-0.4, -0.2) is 15.0 Å². The molecule has 1 aromatic carbocycles. The van der Waals surface area contributed by atoms with Crippen LogP contribution in [-0.2, 0) is 10.0 Å². The number of halogens is 1. The molecule has 2 aliphatic rings. The van der Waals surface area contributed by atoms with Crippen LogP contribution in [0.5, 0.6) is 0 Å². The Balaban J connectivity index is 1.69. The van der Waals surface area contributed by atoms with Crippen LogP contribution in [0.4, 0.5) is 0 Å². The van der Waals surface area contributed by atoms with Gasteiger partial charge >= 0.3 is 0 Å². The van der Waals surface area contributed by atoms with E-state index in [0.29, 0.717) is 17.4 Å². The summed E-state index contributed by atoms with van der Waals surface area (Å²) in [5.74, 6) is 2.08. The van der Waals surface area contributed by atoms with Gasteiger partial charge in [0.15, 0.2) is 0 Å². The smallest absolute Gasteiger partial charge is 0.211 e. The summed E-state index contributed by atoms with van der Waals surface area (Å²) in [7, 11) is -3.38. The molecule has 0 bridgehead atoms. The van der Waals surface area contributed by atoms with Crippen LogP contribution >= 0.6 is 15.9 Å². The van der Waals surface area contributed by atoms with Crippen LogP contribution in [0.25, 0.3) is 0 Å². The van der Waals surface area contributed by atoms with Crippen molar-refractivity contribution in [3.05, 3.63) is 28.2 Å². The lowest BCUT2D eigenvalue weighted by molar-refractivity contribution is 0.401. The molecule has 110 valence electrons. The molecule has 0 unspecified atom stereocenters. The Kier molecular flexibility index (Phi) is 3.95. The monoisotopic (exact) mass is 357 g/mol. The van der Waals surface area contributed by atoms with Crippen molar-refractivity contribution in [1.29, 1.82) is 0 Å². The van der Waals surface area contributed by atoms with E-state index in [1.54, 1.807) is 18.2 Å². The predicted octanol–water partition coefficient (Wildman–Crippen LogP) is 3.47. The van der Waals surface area contributed by atoms with Gasteiger partial charge in [-0.05, 0) is 74.1 Å². The number of nitrogens with one attached hydrogen (secondary N) is 1. The van der Waals surface area contributed by atoms with Gasteiger partial charge in [-0.2, -0.15) is 0 Å². The van der Waals surface area contributed by atoms with E-state index in [-0.39, 0.29) is 0 Å². The summed E-state index contributed by atoms with van der Waals surface area (Å²) in [4.78, 5) is 0.364. The lowest BCUT2D eigenvalue weighted by Crippen LogP contribution is -2.31. The summed E-state index contributed by atoms with van der Waals surface area (Å²) < 4.78 is 28.5. The normalized spacial score (nSPS) is 19.6. The molecule has 20 heavy (non-hydrogen) atoms. The highest BCUT2D eigenvalue weighted by Crippen LogP contribution is 2.48. The minimum Gasteiger partial charge on any atom is -0.211 e. The Bertz CT molecular complexity index is 594. The second-order valence-corrected chi connectivity index (χ2v) is 8.72. The van der Waals surface area contributed by atoms with E-state index in [4.69, 9.17) is 0 Å². The van der Waals surface area contributed by atoms with Gasteiger partial charge in [-0.3, -0.25) is 0 Å². The summed E-state index contributed by atoms with van der Waals surface area (Å²) >= 11 is 3.40. The fourth-order valence-electron chi connectivity index (χ4n) is 2.84. The Labute approximate surface area is 129 Å². The Morgan fingerprint density at radius 2 is 1.85 bits per heavy atom. The number of benzene rings is 1. The van der Waals surface area contributed by atoms with Crippen molar-refractivity contribution < 1.29 is 8.42 Å². The van der Waals surface area contributed by atoms with Crippen molar-refractivity contribution >= 4 is 26.0 Å². The molecule has 3 rings (SSSR count). The number of rotatable bonds is 6. The van der Waals surface area contributed by atoms with Crippen molar-refractivity contribution in [2.75, 3.05) is 6.54 Å². The summed E-state index contributed by atoms with van der Waals surface area (Å²) in [5.41, 5.74) is 0.939. The zero-order valence-electron chi connectivity index (χ0n) is 11.6. The van der Waals surface area contributed by atoms with Gasteiger partial charge in [0.1, 0.15) is 0 Å². The third-order valence-electron chi connectivity index (χ3n) is 4.40. The highest BCUT2D eigenvalue weighted by molar-refractivity contribution is 9.10. The molecule has 1 N–H and O–H groups in total. The summed E-state index contributed by atoms with van der Waals surface area (Å²) in [5, 5.41) is 0. The van der Waals surface area contributed by atoms with Gasteiger partial charge in [-0.15, -0.1) is 0 Å². The van der Waals surface area contributed by atoms with Gasteiger partial charge in [0.25, 0.3) is 0 Å². The van der Waals surface area contributed by atoms with E-state index >= 15 is 0 Å². The molecule has 0 amide bonds. The van der Waals surface area contributed by atoms with Crippen molar-refractivity contribution in [2.24, 2.45) is 17.8 Å². The highest BCUT2D eigenvalue weighted by atomic mass is 79.9. The molecule has 2 aliphatic carbocycles. The molecule has 0 heterocycles. The van der Waals surface area contributed by atoms with Gasteiger partial charge < -0.3 is 0 Å². The van der Waals surface area contributed by atoms with Crippen LogP contribution in [0.15, 0.2) is 27.6 Å². The third-order valence-corrected chi connectivity index (χ3v) is 6.71. The molecule has 5 heteroatoms. The third kappa shape index (κ3) is 3.26.